The number of ether oxygens (including phenoxy) is 1. The van der Waals surface area contributed by atoms with Crippen LogP contribution < -0.4 is 5.73 Å². The molecule has 3 rings (SSSR count). The Bertz CT molecular complexity index is 648. The Balaban J connectivity index is 1.93. The van der Waals surface area contributed by atoms with Gasteiger partial charge in [-0.1, -0.05) is 50.2 Å². The summed E-state index contributed by atoms with van der Waals surface area (Å²) in [5, 5.41) is 0. The molecule has 0 saturated heterocycles. The summed E-state index contributed by atoms with van der Waals surface area (Å²) < 4.78 is 5.48. The van der Waals surface area contributed by atoms with Crippen molar-refractivity contribution in [3.05, 3.63) is 69.8 Å². The Hall–Kier alpha value is -1.64. The van der Waals surface area contributed by atoms with E-state index in [1.807, 2.05) is 0 Å². The molecule has 110 valence electrons. The van der Waals surface area contributed by atoms with Crippen LogP contribution in [-0.4, -0.2) is 0 Å². The summed E-state index contributed by atoms with van der Waals surface area (Å²) in [6.07, 6.45) is 2.14. The summed E-state index contributed by atoms with van der Waals surface area (Å²) in [5.74, 6) is 0. The van der Waals surface area contributed by atoms with Crippen molar-refractivity contribution in [2.45, 2.75) is 45.9 Å². The van der Waals surface area contributed by atoms with Gasteiger partial charge in [-0.05, 0) is 46.2 Å². The van der Waals surface area contributed by atoms with E-state index in [0.717, 1.165) is 19.4 Å². The number of fused-ring (bicyclic) bond motifs is 1. The fourth-order valence-corrected chi connectivity index (χ4v) is 3.09. The Morgan fingerprint density at radius 1 is 0.905 bits per heavy atom. The standard InChI is InChI=1S/C19H23NO/c1-3-13-5-6-15(9-14(13)4-2)19(20)16-7-8-17-11-21-12-18(17)10-16/h5-10,19H,3-4,11-12,20H2,1-2H3. The van der Waals surface area contributed by atoms with E-state index in [9.17, 15) is 0 Å². The van der Waals surface area contributed by atoms with Gasteiger partial charge in [-0.2, -0.15) is 0 Å². The van der Waals surface area contributed by atoms with Gasteiger partial charge in [-0.15, -0.1) is 0 Å². The lowest BCUT2D eigenvalue weighted by molar-refractivity contribution is 0.134. The monoisotopic (exact) mass is 281 g/mol. The molecule has 0 fully saturated rings. The molecule has 0 radical (unpaired) electrons. The number of aryl methyl sites for hydroxylation is 2. The van der Waals surface area contributed by atoms with Gasteiger partial charge >= 0.3 is 0 Å². The third kappa shape index (κ3) is 2.74. The normalized spacial score (nSPS) is 15.0. The maximum Gasteiger partial charge on any atom is 0.0725 e. The van der Waals surface area contributed by atoms with Gasteiger partial charge in [0, 0.05) is 0 Å². The van der Waals surface area contributed by atoms with Gasteiger partial charge in [-0.3, -0.25) is 0 Å². The SMILES string of the molecule is CCc1ccc(C(N)c2ccc3c(c2)COC3)cc1CC. The van der Waals surface area contributed by atoms with E-state index < -0.39 is 0 Å². The van der Waals surface area contributed by atoms with Crippen molar-refractivity contribution < 1.29 is 4.74 Å². The predicted octanol–water partition coefficient (Wildman–Crippen LogP) is 3.89. The molecule has 0 aliphatic carbocycles. The zero-order valence-electron chi connectivity index (χ0n) is 12.9. The lowest BCUT2D eigenvalue weighted by Gasteiger charge is -2.16. The first-order chi connectivity index (χ1) is 10.2. The lowest BCUT2D eigenvalue weighted by atomic mass is 9.92. The largest absolute Gasteiger partial charge is 0.372 e. The molecule has 1 aliphatic heterocycles. The molecule has 0 amide bonds. The van der Waals surface area contributed by atoms with Crippen molar-refractivity contribution in [1.82, 2.24) is 0 Å². The first kappa shape index (κ1) is 14.3. The first-order valence-corrected chi connectivity index (χ1v) is 7.79. The van der Waals surface area contributed by atoms with E-state index in [-0.39, 0.29) is 6.04 Å². The molecule has 2 N–H and O–H groups in total. The molecule has 1 heterocycles. The minimum absolute atomic E-state index is 0.0629. The van der Waals surface area contributed by atoms with Crippen LogP contribution in [0, 0.1) is 0 Å². The minimum atomic E-state index is -0.0629. The highest BCUT2D eigenvalue weighted by atomic mass is 16.5. The molecular formula is C19H23NO. The summed E-state index contributed by atoms with van der Waals surface area (Å²) in [6, 6.07) is 13.1. The van der Waals surface area contributed by atoms with E-state index in [2.05, 4.69) is 50.2 Å². The van der Waals surface area contributed by atoms with Crippen LogP contribution in [0.2, 0.25) is 0 Å². The van der Waals surface area contributed by atoms with Crippen molar-refractivity contribution in [3.8, 4) is 0 Å². The van der Waals surface area contributed by atoms with Crippen LogP contribution in [0.1, 0.15) is 53.3 Å². The maximum atomic E-state index is 6.48. The zero-order chi connectivity index (χ0) is 14.8. The third-order valence-corrected chi connectivity index (χ3v) is 4.46. The van der Waals surface area contributed by atoms with Crippen LogP contribution in [0.5, 0.6) is 0 Å². The molecule has 0 bridgehead atoms. The Morgan fingerprint density at radius 3 is 2.33 bits per heavy atom. The maximum absolute atomic E-state index is 6.48. The Morgan fingerprint density at radius 2 is 1.57 bits per heavy atom. The molecule has 21 heavy (non-hydrogen) atoms. The second-order valence-electron chi connectivity index (χ2n) is 5.73. The molecule has 2 heteroatoms. The molecule has 0 spiro atoms. The summed E-state index contributed by atoms with van der Waals surface area (Å²) in [5.41, 5.74) is 14.3. The molecule has 0 aromatic heterocycles. The zero-order valence-corrected chi connectivity index (χ0v) is 12.9. The number of rotatable bonds is 4. The Kier molecular flexibility index (Phi) is 4.09. The average molecular weight is 281 g/mol. The minimum Gasteiger partial charge on any atom is -0.372 e. The second kappa shape index (κ2) is 6.00. The van der Waals surface area contributed by atoms with Gasteiger partial charge in [0.2, 0.25) is 0 Å². The van der Waals surface area contributed by atoms with E-state index in [1.54, 1.807) is 0 Å². The lowest BCUT2D eigenvalue weighted by Crippen LogP contribution is -2.13. The topological polar surface area (TPSA) is 35.2 Å². The number of hydrogen-bond donors (Lipinski definition) is 1. The molecule has 1 atom stereocenters. The van der Waals surface area contributed by atoms with Crippen LogP contribution in [0.4, 0.5) is 0 Å². The van der Waals surface area contributed by atoms with E-state index in [0.29, 0.717) is 6.61 Å². The summed E-state index contributed by atoms with van der Waals surface area (Å²) in [7, 11) is 0. The van der Waals surface area contributed by atoms with Gasteiger partial charge in [0.25, 0.3) is 0 Å². The van der Waals surface area contributed by atoms with E-state index >= 15 is 0 Å². The van der Waals surface area contributed by atoms with Gasteiger partial charge in [0.1, 0.15) is 0 Å². The van der Waals surface area contributed by atoms with Gasteiger partial charge in [-0.25, -0.2) is 0 Å². The van der Waals surface area contributed by atoms with Crippen LogP contribution in [0.15, 0.2) is 36.4 Å². The smallest absolute Gasteiger partial charge is 0.0725 e. The third-order valence-electron chi connectivity index (χ3n) is 4.46. The summed E-state index contributed by atoms with van der Waals surface area (Å²) in [6.45, 7) is 5.85. The van der Waals surface area contributed by atoms with Crippen LogP contribution >= 0.6 is 0 Å². The fourth-order valence-electron chi connectivity index (χ4n) is 3.09. The van der Waals surface area contributed by atoms with Crippen LogP contribution in [0.3, 0.4) is 0 Å². The highest BCUT2D eigenvalue weighted by Crippen LogP contribution is 2.27. The highest BCUT2D eigenvalue weighted by molar-refractivity contribution is 5.41. The molecule has 2 aromatic carbocycles. The van der Waals surface area contributed by atoms with E-state index in [1.165, 1.54) is 33.4 Å². The number of benzene rings is 2. The van der Waals surface area contributed by atoms with Gasteiger partial charge < -0.3 is 10.5 Å². The van der Waals surface area contributed by atoms with Crippen molar-refractivity contribution >= 4 is 0 Å². The highest BCUT2D eigenvalue weighted by Gasteiger charge is 2.16. The van der Waals surface area contributed by atoms with Gasteiger partial charge in [0.05, 0.1) is 19.3 Å². The molecule has 0 saturated carbocycles. The molecule has 1 unspecified atom stereocenters. The van der Waals surface area contributed by atoms with Crippen LogP contribution in [-0.2, 0) is 30.8 Å². The predicted molar refractivity (Wildman–Crippen MR) is 86.2 cm³/mol. The molecule has 2 nitrogen and oxygen atoms in total. The van der Waals surface area contributed by atoms with Crippen molar-refractivity contribution in [1.29, 1.82) is 0 Å². The van der Waals surface area contributed by atoms with Crippen molar-refractivity contribution in [2.24, 2.45) is 5.73 Å². The fraction of sp³-hybridized carbons (Fsp3) is 0.368. The summed E-state index contributed by atoms with van der Waals surface area (Å²) >= 11 is 0. The second-order valence-corrected chi connectivity index (χ2v) is 5.73. The average Bonchev–Trinajstić information content (AvgIpc) is 3.00. The quantitative estimate of drug-likeness (QED) is 0.922. The van der Waals surface area contributed by atoms with Crippen molar-refractivity contribution in [2.75, 3.05) is 0 Å². The van der Waals surface area contributed by atoms with E-state index in [4.69, 9.17) is 10.5 Å². The molecular weight excluding hydrogens is 258 g/mol. The molecule has 1 aliphatic rings. The number of nitrogens with two attached hydrogens (primary N) is 1. The van der Waals surface area contributed by atoms with Gasteiger partial charge in [0.15, 0.2) is 0 Å². The first-order valence-electron chi connectivity index (χ1n) is 7.79. The molecule has 2 aromatic rings. The van der Waals surface area contributed by atoms with Crippen molar-refractivity contribution in [3.63, 3.8) is 0 Å². The summed E-state index contributed by atoms with van der Waals surface area (Å²) in [4.78, 5) is 0. The van der Waals surface area contributed by atoms with Crippen LogP contribution in [0.25, 0.3) is 0 Å². The number of hydrogen-bond acceptors (Lipinski definition) is 2. The Labute approximate surface area is 126 Å².